The molecule has 0 aliphatic heterocycles. The Hall–Kier alpha value is -1.02. The van der Waals surface area contributed by atoms with Crippen LogP contribution in [0.3, 0.4) is 0 Å². The predicted octanol–water partition coefficient (Wildman–Crippen LogP) is 3.00. The second-order valence-corrected chi connectivity index (χ2v) is 5.34. The standard InChI is InChI=1S/C15H21NO/c16-9-8-11-4-5-12-10-14(6-7-15(11)12)17-13-2-1-3-13/h6-7,10-11,13H,1-5,8-9,16H2. The van der Waals surface area contributed by atoms with Crippen LogP contribution in [0.25, 0.3) is 0 Å². The van der Waals surface area contributed by atoms with Crippen LogP contribution in [0.1, 0.15) is 49.1 Å². The van der Waals surface area contributed by atoms with Gasteiger partial charge < -0.3 is 10.5 Å². The van der Waals surface area contributed by atoms with Gasteiger partial charge in [-0.1, -0.05) is 6.07 Å². The molecule has 0 saturated heterocycles. The summed E-state index contributed by atoms with van der Waals surface area (Å²) in [5, 5.41) is 0. The smallest absolute Gasteiger partial charge is 0.120 e. The molecule has 0 bridgehead atoms. The van der Waals surface area contributed by atoms with Crippen LogP contribution in [-0.2, 0) is 6.42 Å². The number of hydrogen-bond donors (Lipinski definition) is 1. The molecule has 0 spiro atoms. The molecule has 0 amide bonds. The zero-order chi connectivity index (χ0) is 11.7. The Labute approximate surface area is 103 Å². The molecule has 2 N–H and O–H groups in total. The molecular weight excluding hydrogens is 210 g/mol. The monoisotopic (exact) mass is 231 g/mol. The molecule has 1 unspecified atom stereocenters. The van der Waals surface area contributed by atoms with Gasteiger partial charge in [0, 0.05) is 0 Å². The second kappa shape index (κ2) is 4.69. The Bertz CT molecular complexity index is 398. The van der Waals surface area contributed by atoms with Crippen molar-refractivity contribution < 1.29 is 4.74 Å². The lowest BCUT2D eigenvalue weighted by atomic mass is 9.96. The molecule has 2 aliphatic rings. The highest BCUT2D eigenvalue weighted by Crippen LogP contribution is 2.37. The molecule has 0 radical (unpaired) electrons. The summed E-state index contributed by atoms with van der Waals surface area (Å²) in [4.78, 5) is 0. The van der Waals surface area contributed by atoms with Crippen molar-refractivity contribution in [2.24, 2.45) is 5.73 Å². The molecule has 3 rings (SSSR count). The number of aryl methyl sites for hydroxylation is 1. The largest absolute Gasteiger partial charge is 0.490 e. The van der Waals surface area contributed by atoms with Gasteiger partial charge in [0.15, 0.2) is 0 Å². The molecule has 0 heterocycles. The SMILES string of the molecule is NCCC1CCc2cc(OC3CCC3)ccc21. The highest BCUT2D eigenvalue weighted by molar-refractivity contribution is 5.41. The van der Waals surface area contributed by atoms with E-state index in [9.17, 15) is 0 Å². The van der Waals surface area contributed by atoms with E-state index < -0.39 is 0 Å². The van der Waals surface area contributed by atoms with E-state index >= 15 is 0 Å². The van der Waals surface area contributed by atoms with Gasteiger partial charge in [0.25, 0.3) is 0 Å². The van der Waals surface area contributed by atoms with E-state index in [0.29, 0.717) is 12.0 Å². The third kappa shape index (κ3) is 2.19. The summed E-state index contributed by atoms with van der Waals surface area (Å²) in [6.45, 7) is 0.796. The minimum atomic E-state index is 0.481. The first-order chi connectivity index (χ1) is 8.36. The zero-order valence-electron chi connectivity index (χ0n) is 10.3. The maximum Gasteiger partial charge on any atom is 0.120 e. The first-order valence-corrected chi connectivity index (χ1v) is 6.86. The maximum atomic E-state index is 5.95. The minimum absolute atomic E-state index is 0.481. The van der Waals surface area contributed by atoms with Gasteiger partial charge in [-0.3, -0.25) is 0 Å². The Morgan fingerprint density at radius 3 is 2.82 bits per heavy atom. The van der Waals surface area contributed by atoms with Crippen LogP contribution in [-0.4, -0.2) is 12.6 Å². The van der Waals surface area contributed by atoms with Crippen LogP contribution >= 0.6 is 0 Å². The van der Waals surface area contributed by atoms with E-state index in [1.165, 1.54) is 43.2 Å². The lowest BCUT2D eigenvalue weighted by Gasteiger charge is -2.26. The average Bonchev–Trinajstić information content (AvgIpc) is 2.67. The fourth-order valence-electron chi connectivity index (χ4n) is 2.94. The van der Waals surface area contributed by atoms with Crippen molar-refractivity contribution in [2.45, 2.75) is 50.5 Å². The van der Waals surface area contributed by atoms with Gasteiger partial charge in [-0.05, 0) is 74.2 Å². The van der Waals surface area contributed by atoms with E-state index in [4.69, 9.17) is 10.5 Å². The molecule has 17 heavy (non-hydrogen) atoms. The van der Waals surface area contributed by atoms with Crippen LogP contribution in [0.4, 0.5) is 0 Å². The van der Waals surface area contributed by atoms with E-state index in [1.807, 2.05) is 0 Å². The molecule has 2 aliphatic carbocycles. The summed E-state index contributed by atoms with van der Waals surface area (Å²) in [5.74, 6) is 1.76. The average molecular weight is 231 g/mol. The highest BCUT2D eigenvalue weighted by atomic mass is 16.5. The van der Waals surface area contributed by atoms with Gasteiger partial charge in [-0.2, -0.15) is 0 Å². The Kier molecular flexibility index (Phi) is 3.06. The molecule has 0 aromatic heterocycles. The minimum Gasteiger partial charge on any atom is -0.490 e. The van der Waals surface area contributed by atoms with Crippen LogP contribution < -0.4 is 10.5 Å². The summed E-state index contributed by atoms with van der Waals surface area (Å²) >= 11 is 0. The predicted molar refractivity (Wildman–Crippen MR) is 69.4 cm³/mol. The Balaban J connectivity index is 1.73. The van der Waals surface area contributed by atoms with Crippen LogP contribution in [0, 0.1) is 0 Å². The van der Waals surface area contributed by atoms with Crippen molar-refractivity contribution in [3.63, 3.8) is 0 Å². The highest BCUT2D eigenvalue weighted by Gasteiger charge is 2.23. The number of ether oxygens (including phenoxy) is 1. The van der Waals surface area contributed by atoms with Crippen LogP contribution in [0.2, 0.25) is 0 Å². The third-order valence-corrected chi connectivity index (χ3v) is 4.19. The summed E-state index contributed by atoms with van der Waals surface area (Å²) < 4.78 is 5.95. The second-order valence-electron chi connectivity index (χ2n) is 5.34. The lowest BCUT2D eigenvalue weighted by molar-refractivity contribution is 0.120. The molecule has 92 valence electrons. The molecular formula is C15H21NO. The fraction of sp³-hybridized carbons (Fsp3) is 0.600. The van der Waals surface area contributed by atoms with E-state index in [0.717, 1.165) is 18.7 Å². The first kappa shape index (κ1) is 11.1. The van der Waals surface area contributed by atoms with Crippen molar-refractivity contribution in [2.75, 3.05) is 6.54 Å². The van der Waals surface area contributed by atoms with E-state index in [-0.39, 0.29) is 0 Å². The van der Waals surface area contributed by atoms with Crippen molar-refractivity contribution >= 4 is 0 Å². The summed E-state index contributed by atoms with van der Waals surface area (Å²) in [5.41, 5.74) is 8.66. The Morgan fingerprint density at radius 2 is 2.12 bits per heavy atom. The van der Waals surface area contributed by atoms with Gasteiger partial charge in [0.2, 0.25) is 0 Å². The van der Waals surface area contributed by atoms with Crippen molar-refractivity contribution in [1.82, 2.24) is 0 Å². The van der Waals surface area contributed by atoms with Crippen molar-refractivity contribution in [3.8, 4) is 5.75 Å². The fourth-order valence-corrected chi connectivity index (χ4v) is 2.94. The molecule has 2 heteroatoms. The summed E-state index contributed by atoms with van der Waals surface area (Å²) in [6, 6.07) is 6.66. The summed E-state index contributed by atoms with van der Waals surface area (Å²) in [6.07, 6.45) is 7.85. The Morgan fingerprint density at radius 1 is 1.24 bits per heavy atom. The van der Waals surface area contributed by atoms with Gasteiger partial charge in [-0.25, -0.2) is 0 Å². The van der Waals surface area contributed by atoms with E-state index in [2.05, 4.69) is 18.2 Å². The molecule has 1 saturated carbocycles. The van der Waals surface area contributed by atoms with Gasteiger partial charge in [0.05, 0.1) is 6.10 Å². The van der Waals surface area contributed by atoms with Crippen LogP contribution in [0.5, 0.6) is 5.75 Å². The van der Waals surface area contributed by atoms with Crippen molar-refractivity contribution in [3.05, 3.63) is 29.3 Å². The lowest BCUT2D eigenvalue weighted by Crippen LogP contribution is -2.24. The molecule has 2 nitrogen and oxygen atoms in total. The maximum absolute atomic E-state index is 5.95. The van der Waals surface area contributed by atoms with Gasteiger partial charge in [0.1, 0.15) is 5.75 Å². The molecule has 1 aromatic carbocycles. The number of rotatable bonds is 4. The van der Waals surface area contributed by atoms with Gasteiger partial charge >= 0.3 is 0 Å². The van der Waals surface area contributed by atoms with Crippen molar-refractivity contribution in [1.29, 1.82) is 0 Å². The number of fused-ring (bicyclic) bond motifs is 1. The number of benzene rings is 1. The first-order valence-electron chi connectivity index (χ1n) is 6.86. The quantitative estimate of drug-likeness (QED) is 0.864. The van der Waals surface area contributed by atoms with Gasteiger partial charge in [-0.15, -0.1) is 0 Å². The third-order valence-electron chi connectivity index (χ3n) is 4.19. The topological polar surface area (TPSA) is 35.2 Å². The van der Waals surface area contributed by atoms with Crippen LogP contribution in [0.15, 0.2) is 18.2 Å². The normalized spacial score (nSPS) is 23.2. The van der Waals surface area contributed by atoms with E-state index in [1.54, 1.807) is 0 Å². The molecule has 1 fully saturated rings. The zero-order valence-corrected chi connectivity index (χ0v) is 10.3. The number of hydrogen-bond acceptors (Lipinski definition) is 2. The molecule has 1 aromatic rings. The number of nitrogens with two attached hydrogens (primary N) is 1. The molecule has 1 atom stereocenters. The summed E-state index contributed by atoms with van der Waals surface area (Å²) in [7, 11) is 0.